The normalized spacial score (nSPS) is 23.3. The zero-order chi connectivity index (χ0) is 34.9. The highest BCUT2D eigenvalue weighted by Gasteiger charge is 2.46. The summed E-state index contributed by atoms with van der Waals surface area (Å²) in [6, 6.07) is 2.90. The molecule has 0 radical (unpaired) electrons. The fraction of sp³-hybridized carbons (Fsp3) is 0.500. The van der Waals surface area contributed by atoms with Crippen molar-refractivity contribution in [2.24, 2.45) is 5.41 Å². The Labute approximate surface area is 293 Å². The van der Waals surface area contributed by atoms with Gasteiger partial charge < -0.3 is 29.6 Å². The first-order valence-corrected chi connectivity index (χ1v) is 17.7. The van der Waals surface area contributed by atoms with Gasteiger partial charge in [-0.2, -0.15) is 15.2 Å². The second-order valence-corrected chi connectivity index (χ2v) is 14.8. The monoisotopic (exact) mass is 732 g/mol. The number of fused-ring (bicyclic) bond motifs is 1. The number of nitrogen functional groups attached to an aromatic ring is 1. The van der Waals surface area contributed by atoms with Crippen molar-refractivity contribution in [2.45, 2.75) is 50.8 Å². The molecular weight excluding hydrogens is 700 g/mol. The summed E-state index contributed by atoms with van der Waals surface area (Å²) in [5.74, 6) is -1.71. The minimum absolute atomic E-state index is 0.00338. The Bertz CT molecular complexity index is 2030. The van der Waals surface area contributed by atoms with Crippen molar-refractivity contribution < 1.29 is 36.5 Å². The van der Waals surface area contributed by atoms with Crippen molar-refractivity contribution in [1.82, 2.24) is 14.9 Å². The molecule has 2 aromatic heterocycles. The first-order valence-electron chi connectivity index (χ1n) is 16.5. The van der Waals surface area contributed by atoms with Crippen LogP contribution in [0.25, 0.3) is 32.1 Å². The van der Waals surface area contributed by atoms with Gasteiger partial charge in [-0.1, -0.05) is 17.7 Å². The summed E-state index contributed by atoms with van der Waals surface area (Å²) in [5.41, 5.74) is 5.34. The van der Waals surface area contributed by atoms with Crippen LogP contribution in [0.1, 0.15) is 31.7 Å². The van der Waals surface area contributed by atoms with E-state index in [1.54, 1.807) is 11.8 Å². The molecule has 10 nitrogen and oxygen atoms in total. The van der Waals surface area contributed by atoms with Gasteiger partial charge in [0.2, 0.25) is 0 Å². The zero-order valence-corrected chi connectivity index (χ0v) is 28.6. The number of rotatable bonds is 8. The number of nitrogens with two attached hydrogens (primary N) is 1. The van der Waals surface area contributed by atoms with Gasteiger partial charge >= 0.3 is 6.01 Å². The van der Waals surface area contributed by atoms with E-state index in [0.29, 0.717) is 26.2 Å². The van der Waals surface area contributed by atoms with Crippen molar-refractivity contribution in [2.75, 3.05) is 63.3 Å². The van der Waals surface area contributed by atoms with Gasteiger partial charge in [0.05, 0.1) is 59.2 Å². The maximum atomic E-state index is 17.3. The first-order chi connectivity index (χ1) is 24.1. The Morgan fingerprint density at radius 3 is 2.62 bits per heavy atom. The molecule has 1 unspecified atom stereocenters. The smallest absolute Gasteiger partial charge is 0.319 e. The minimum Gasteiger partial charge on any atom is -0.480 e. The first kappa shape index (κ1) is 33.5. The highest BCUT2D eigenvalue weighted by molar-refractivity contribution is 7.23. The van der Waals surface area contributed by atoms with Gasteiger partial charge in [0.1, 0.15) is 28.2 Å². The van der Waals surface area contributed by atoms with Gasteiger partial charge in [0.25, 0.3) is 6.43 Å². The lowest BCUT2D eigenvalue weighted by Crippen LogP contribution is -2.52. The van der Waals surface area contributed by atoms with Crippen LogP contribution >= 0.6 is 22.9 Å². The standard InChI is InChI=1S/C34H33ClF4N6O4S/c1-16-27(30(38)39)49-28-23-26(25(37)22(24(28)35)18-2-3-20(36)29-21(18)19(12-40)31(41)50-29)42-33(43-32(23)45(16)17-4-9-47-13-17)48-15-34(5-6-34)14-44-7-10-46-11-8-44/h2-3,16-17,27,30H,4-11,13-15,41H2,1H3/t16-,17?,27-/m1/s1. The van der Waals surface area contributed by atoms with E-state index in [2.05, 4.69) is 9.88 Å². The molecule has 0 amide bonds. The molecule has 3 fully saturated rings. The molecule has 16 heteroatoms. The van der Waals surface area contributed by atoms with Crippen molar-refractivity contribution in [3.8, 4) is 29.0 Å². The van der Waals surface area contributed by atoms with Crippen molar-refractivity contribution in [3.63, 3.8) is 0 Å². The molecule has 3 atom stereocenters. The Morgan fingerprint density at radius 1 is 1.16 bits per heavy atom. The average Bonchev–Trinajstić information content (AvgIpc) is 3.51. The summed E-state index contributed by atoms with van der Waals surface area (Å²) in [5, 5.41) is 9.68. The van der Waals surface area contributed by atoms with E-state index in [9.17, 15) is 14.0 Å². The van der Waals surface area contributed by atoms with Gasteiger partial charge in [-0.05, 0) is 37.8 Å². The lowest BCUT2D eigenvalue weighted by atomic mass is 9.96. The summed E-state index contributed by atoms with van der Waals surface area (Å²) < 4.78 is 85.6. The number of aromatic nitrogens is 2. The van der Waals surface area contributed by atoms with Crippen molar-refractivity contribution >= 4 is 54.7 Å². The second-order valence-electron chi connectivity index (χ2n) is 13.4. The predicted molar refractivity (Wildman–Crippen MR) is 180 cm³/mol. The number of alkyl halides is 2. The molecule has 8 rings (SSSR count). The Hall–Kier alpha value is -3.68. The largest absolute Gasteiger partial charge is 0.480 e. The lowest BCUT2D eigenvalue weighted by molar-refractivity contribution is -0.000229. The van der Waals surface area contributed by atoms with E-state index >= 15 is 8.78 Å². The maximum Gasteiger partial charge on any atom is 0.319 e. The van der Waals surface area contributed by atoms with E-state index in [-0.39, 0.29) is 90.0 Å². The molecule has 1 saturated carbocycles. The number of ether oxygens (including phenoxy) is 4. The van der Waals surface area contributed by atoms with E-state index in [1.165, 1.54) is 6.07 Å². The number of hydrogen-bond acceptors (Lipinski definition) is 11. The molecule has 5 heterocycles. The van der Waals surface area contributed by atoms with Crippen LogP contribution in [0.3, 0.4) is 0 Å². The summed E-state index contributed by atoms with van der Waals surface area (Å²) >= 11 is 7.82. The van der Waals surface area contributed by atoms with Crippen LogP contribution in [0.2, 0.25) is 5.02 Å². The molecule has 2 saturated heterocycles. The van der Waals surface area contributed by atoms with Crippen LogP contribution in [0.4, 0.5) is 28.4 Å². The predicted octanol–water partition coefficient (Wildman–Crippen LogP) is 6.40. The molecule has 1 aliphatic carbocycles. The van der Waals surface area contributed by atoms with Gasteiger partial charge in [-0.25, -0.2) is 17.6 Å². The number of halogens is 5. The summed E-state index contributed by atoms with van der Waals surface area (Å²) in [6.45, 7) is 6.26. The highest BCUT2D eigenvalue weighted by atomic mass is 35.5. The third kappa shape index (κ3) is 5.56. The quantitative estimate of drug-likeness (QED) is 0.204. The van der Waals surface area contributed by atoms with Gasteiger partial charge in [0, 0.05) is 42.6 Å². The highest BCUT2D eigenvalue weighted by Crippen LogP contribution is 2.53. The second kappa shape index (κ2) is 12.8. The third-order valence-electron chi connectivity index (χ3n) is 10.2. The summed E-state index contributed by atoms with van der Waals surface area (Å²) in [7, 11) is 0. The number of benzene rings is 2. The molecule has 4 aromatic rings. The van der Waals surface area contributed by atoms with Crippen LogP contribution in [-0.4, -0.2) is 92.1 Å². The molecule has 264 valence electrons. The van der Waals surface area contributed by atoms with Crippen molar-refractivity contribution in [3.05, 3.63) is 34.4 Å². The number of thiophene rings is 1. The van der Waals surface area contributed by atoms with Gasteiger partial charge in [-0.3, -0.25) is 4.90 Å². The fourth-order valence-electron chi connectivity index (χ4n) is 7.41. The molecule has 0 spiro atoms. The molecule has 50 heavy (non-hydrogen) atoms. The molecule has 2 N–H and O–H groups in total. The van der Waals surface area contributed by atoms with Gasteiger partial charge in [0.15, 0.2) is 17.7 Å². The van der Waals surface area contributed by atoms with Crippen LogP contribution in [0.5, 0.6) is 11.8 Å². The number of nitrogens with zero attached hydrogens (tertiary/aromatic N) is 5. The molecule has 0 bridgehead atoms. The Morgan fingerprint density at radius 2 is 1.94 bits per heavy atom. The topological polar surface area (TPSA) is 119 Å². The number of anilines is 2. The SMILES string of the molecule is C[C@@H]1[C@H](C(F)F)Oc2c(Cl)c(-c3ccc(F)c4sc(N)c(C#N)c34)c(F)c3nc(OCC4(CN5CCOCC5)CC4)nc(c23)N1C1CCOC1. The van der Waals surface area contributed by atoms with Crippen LogP contribution in [0.15, 0.2) is 12.1 Å². The maximum absolute atomic E-state index is 17.3. The number of hydrogen-bond donors (Lipinski definition) is 1. The van der Waals surface area contributed by atoms with Crippen molar-refractivity contribution in [1.29, 1.82) is 5.26 Å². The lowest BCUT2D eigenvalue weighted by Gasteiger charge is -2.36. The summed E-state index contributed by atoms with van der Waals surface area (Å²) in [6.07, 6.45) is -2.31. The van der Waals surface area contributed by atoms with E-state index < -0.39 is 30.2 Å². The number of nitriles is 1. The van der Waals surface area contributed by atoms with E-state index in [4.69, 9.17) is 41.3 Å². The average molecular weight is 733 g/mol. The van der Waals surface area contributed by atoms with Gasteiger partial charge in [-0.15, -0.1) is 11.3 Å². The molecule has 3 aliphatic heterocycles. The Kier molecular flexibility index (Phi) is 8.58. The van der Waals surface area contributed by atoms with Crippen LogP contribution < -0.4 is 20.1 Å². The number of morpholine rings is 1. The zero-order valence-electron chi connectivity index (χ0n) is 27.0. The summed E-state index contributed by atoms with van der Waals surface area (Å²) in [4.78, 5) is 13.3. The van der Waals surface area contributed by atoms with Crippen LogP contribution in [-0.2, 0) is 9.47 Å². The minimum atomic E-state index is -2.97. The van der Waals surface area contributed by atoms with E-state index in [0.717, 1.165) is 49.9 Å². The van der Waals surface area contributed by atoms with Crippen LogP contribution in [0, 0.1) is 28.4 Å². The molecule has 2 aromatic carbocycles. The molecule has 4 aliphatic rings. The Balaban J connectivity index is 1.33. The fourth-order valence-corrected chi connectivity index (χ4v) is 8.69. The van der Waals surface area contributed by atoms with E-state index in [1.807, 2.05) is 6.07 Å². The third-order valence-corrected chi connectivity index (χ3v) is 11.6. The molecular formula is C34H33ClF4N6O4S.